The van der Waals surface area contributed by atoms with E-state index in [4.69, 9.17) is 4.98 Å². The molecule has 1 heterocycles. The van der Waals surface area contributed by atoms with Gasteiger partial charge in [0.2, 0.25) is 0 Å². The monoisotopic (exact) mass is 295 g/mol. The lowest BCUT2D eigenvalue weighted by molar-refractivity contribution is 0.405. The van der Waals surface area contributed by atoms with Crippen molar-refractivity contribution in [3.05, 3.63) is 54.4 Å². The Morgan fingerprint density at radius 2 is 1.95 bits per heavy atom. The van der Waals surface area contributed by atoms with Crippen LogP contribution in [-0.2, 0) is 0 Å². The van der Waals surface area contributed by atoms with Gasteiger partial charge < -0.3 is 9.71 Å². The number of nitrogens with zero attached hydrogens (tertiary/aromatic N) is 1. The number of aromatic amines is 1. The van der Waals surface area contributed by atoms with Gasteiger partial charge in [0.15, 0.2) is 0 Å². The Kier molecular flexibility index (Phi) is 3.31. The second-order valence-electron chi connectivity index (χ2n) is 5.50. The normalized spacial score (nSPS) is 15.0. The standard InChI is InChI=1S/C17H17N3S/c1-2-7-14(8-3-1)21-20-13-9-10-15-16(11-13)19-17(18-15)12-5-4-6-12/h1-3,7-12,20H,4-6H2,(H,18,19). The quantitative estimate of drug-likeness (QED) is 0.669. The van der Waals surface area contributed by atoms with Gasteiger partial charge in [-0.2, -0.15) is 0 Å². The van der Waals surface area contributed by atoms with E-state index >= 15 is 0 Å². The van der Waals surface area contributed by atoms with Gasteiger partial charge in [0, 0.05) is 16.5 Å². The molecule has 3 nitrogen and oxygen atoms in total. The van der Waals surface area contributed by atoms with Crippen LogP contribution in [0, 0.1) is 0 Å². The summed E-state index contributed by atoms with van der Waals surface area (Å²) >= 11 is 1.63. The lowest BCUT2D eigenvalue weighted by Gasteiger charge is -2.22. The number of hydrogen-bond donors (Lipinski definition) is 2. The van der Waals surface area contributed by atoms with Crippen molar-refractivity contribution < 1.29 is 0 Å². The van der Waals surface area contributed by atoms with E-state index in [1.165, 1.54) is 24.2 Å². The molecule has 4 rings (SSSR count). The average molecular weight is 295 g/mol. The predicted molar refractivity (Wildman–Crippen MR) is 88.6 cm³/mol. The molecule has 1 fully saturated rings. The maximum Gasteiger partial charge on any atom is 0.110 e. The first kappa shape index (κ1) is 12.8. The molecule has 1 saturated carbocycles. The molecule has 0 amide bonds. The maximum atomic E-state index is 4.70. The minimum atomic E-state index is 0.646. The van der Waals surface area contributed by atoms with Gasteiger partial charge >= 0.3 is 0 Å². The Labute approximate surface area is 128 Å². The van der Waals surface area contributed by atoms with Crippen molar-refractivity contribution in [1.82, 2.24) is 9.97 Å². The molecule has 0 spiro atoms. The molecule has 2 N–H and O–H groups in total. The minimum absolute atomic E-state index is 0.646. The van der Waals surface area contributed by atoms with Gasteiger partial charge in [-0.3, -0.25) is 0 Å². The highest BCUT2D eigenvalue weighted by Crippen LogP contribution is 2.35. The Balaban J connectivity index is 1.53. The number of hydrogen-bond acceptors (Lipinski definition) is 3. The summed E-state index contributed by atoms with van der Waals surface area (Å²) in [4.78, 5) is 9.39. The summed E-state index contributed by atoms with van der Waals surface area (Å²) in [6.07, 6.45) is 3.88. The van der Waals surface area contributed by atoms with Gasteiger partial charge in [-0.1, -0.05) is 24.6 Å². The number of imidazole rings is 1. The van der Waals surface area contributed by atoms with Gasteiger partial charge in [0.25, 0.3) is 0 Å². The van der Waals surface area contributed by atoms with Crippen molar-refractivity contribution in [2.45, 2.75) is 30.1 Å². The average Bonchev–Trinajstić information content (AvgIpc) is 2.86. The zero-order chi connectivity index (χ0) is 14.1. The number of fused-ring (bicyclic) bond motifs is 1. The second kappa shape index (κ2) is 5.45. The molecule has 2 aromatic carbocycles. The lowest BCUT2D eigenvalue weighted by Crippen LogP contribution is -2.10. The molecule has 0 atom stereocenters. The van der Waals surface area contributed by atoms with Crippen LogP contribution in [0.25, 0.3) is 11.0 Å². The lowest BCUT2D eigenvalue weighted by atomic mass is 9.85. The smallest absolute Gasteiger partial charge is 0.110 e. The highest BCUT2D eigenvalue weighted by Gasteiger charge is 2.22. The number of nitrogens with one attached hydrogen (secondary N) is 2. The van der Waals surface area contributed by atoms with Crippen LogP contribution in [0.5, 0.6) is 0 Å². The third-order valence-electron chi connectivity index (χ3n) is 4.02. The third kappa shape index (κ3) is 2.63. The summed E-state index contributed by atoms with van der Waals surface area (Å²) < 4.78 is 3.39. The topological polar surface area (TPSA) is 40.7 Å². The summed E-state index contributed by atoms with van der Waals surface area (Å²) in [6, 6.07) is 16.6. The molecule has 0 saturated heterocycles. The fourth-order valence-electron chi connectivity index (χ4n) is 2.57. The van der Waals surface area contributed by atoms with Crippen molar-refractivity contribution >= 4 is 28.7 Å². The molecule has 21 heavy (non-hydrogen) atoms. The Morgan fingerprint density at radius 3 is 2.71 bits per heavy atom. The summed E-state index contributed by atoms with van der Waals surface area (Å²) in [6.45, 7) is 0. The van der Waals surface area contributed by atoms with Crippen molar-refractivity contribution in [3.63, 3.8) is 0 Å². The molecule has 1 aliphatic carbocycles. The first-order chi connectivity index (χ1) is 10.4. The molecule has 0 bridgehead atoms. The van der Waals surface area contributed by atoms with E-state index in [2.05, 4.69) is 40.0 Å². The van der Waals surface area contributed by atoms with Crippen molar-refractivity contribution in [1.29, 1.82) is 0 Å². The van der Waals surface area contributed by atoms with E-state index in [1.807, 2.05) is 18.2 Å². The number of rotatable bonds is 4. The Bertz CT molecular complexity index is 747. The molecule has 1 aliphatic rings. The molecule has 0 aliphatic heterocycles. The molecular weight excluding hydrogens is 278 g/mol. The van der Waals surface area contributed by atoms with Crippen molar-refractivity contribution in [2.24, 2.45) is 0 Å². The first-order valence-electron chi connectivity index (χ1n) is 7.36. The number of anilines is 1. The molecule has 3 aromatic rings. The van der Waals surface area contributed by atoms with Crippen LogP contribution in [-0.4, -0.2) is 9.97 Å². The van der Waals surface area contributed by atoms with Crippen LogP contribution in [0.4, 0.5) is 5.69 Å². The van der Waals surface area contributed by atoms with Crippen LogP contribution in [0.15, 0.2) is 53.4 Å². The Morgan fingerprint density at radius 1 is 1.10 bits per heavy atom. The molecule has 106 valence electrons. The highest BCUT2D eigenvalue weighted by atomic mass is 32.2. The summed E-state index contributed by atoms with van der Waals surface area (Å²) in [7, 11) is 0. The van der Waals surface area contributed by atoms with E-state index in [-0.39, 0.29) is 0 Å². The maximum absolute atomic E-state index is 4.70. The van der Waals surface area contributed by atoms with Gasteiger partial charge in [-0.15, -0.1) is 0 Å². The SMILES string of the molecule is c1ccc(SNc2ccc3nc(C4CCC4)[nH]c3c2)cc1. The number of H-pyrrole nitrogens is 1. The van der Waals surface area contributed by atoms with Gasteiger partial charge in [-0.05, 0) is 55.1 Å². The third-order valence-corrected chi connectivity index (χ3v) is 4.87. The minimum Gasteiger partial charge on any atom is -0.342 e. The van der Waals surface area contributed by atoms with Gasteiger partial charge in [-0.25, -0.2) is 4.98 Å². The fourth-order valence-corrected chi connectivity index (χ4v) is 3.23. The largest absolute Gasteiger partial charge is 0.342 e. The van der Waals surface area contributed by atoms with Crippen LogP contribution < -0.4 is 4.72 Å². The number of benzene rings is 2. The highest BCUT2D eigenvalue weighted by molar-refractivity contribution is 8.00. The fraction of sp³-hybridized carbons (Fsp3) is 0.235. The molecule has 1 aromatic heterocycles. The van der Waals surface area contributed by atoms with Crippen molar-refractivity contribution in [3.8, 4) is 0 Å². The molecule has 0 unspecified atom stereocenters. The van der Waals surface area contributed by atoms with Crippen LogP contribution in [0.3, 0.4) is 0 Å². The van der Waals surface area contributed by atoms with E-state index < -0.39 is 0 Å². The van der Waals surface area contributed by atoms with E-state index in [0.29, 0.717) is 5.92 Å². The summed E-state index contributed by atoms with van der Waals surface area (Å²) in [5.74, 6) is 1.80. The number of aromatic nitrogens is 2. The Hall–Kier alpha value is -1.94. The van der Waals surface area contributed by atoms with Crippen LogP contribution >= 0.6 is 11.9 Å². The zero-order valence-electron chi connectivity index (χ0n) is 11.7. The van der Waals surface area contributed by atoms with Crippen LogP contribution in [0.1, 0.15) is 31.0 Å². The summed E-state index contributed by atoms with van der Waals surface area (Å²) in [5.41, 5.74) is 3.28. The first-order valence-corrected chi connectivity index (χ1v) is 8.18. The zero-order valence-corrected chi connectivity index (χ0v) is 12.5. The molecule has 4 heteroatoms. The van der Waals surface area contributed by atoms with Crippen LogP contribution in [0.2, 0.25) is 0 Å². The van der Waals surface area contributed by atoms with Gasteiger partial charge in [0.05, 0.1) is 11.0 Å². The predicted octanol–water partition coefficient (Wildman–Crippen LogP) is 4.95. The summed E-state index contributed by atoms with van der Waals surface area (Å²) in [5, 5.41) is 0. The van der Waals surface area contributed by atoms with E-state index in [0.717, 1.165) is 22.5 Å². The second-order valence-corrected chi connectivity index (χ2v) is 6.38. The van der Waals surface area contributed by atoms with Gasteiger partial charge in [0.1, 0.15) is 5.82 Å². The van der Waals surface area contributed by atoms with E-state index in [1.54, 1.807) is 11.9 Å². The van der Waals surface area contributed by atoms with E-state index in [9.17, 15) is 0 Å². The molecular formula is C17H17N3S. The molecule has 0 radical (unpaired) electrons. The van der Waals surface area contributed by atoms with Crippen molar-refractivity contribution in [2.75, 3.05) is 4.72 Å².